The van der Waals surface area contributed by atoms with E-state index < -0.39 is 18.1 Å². The van der Waals surface area contributed by atoms with Crippen LogP contribution in [0.3, 0.4) is 0 Å². The van der Waals surface area contributed by atoms with Crippen molar-refractivity contribution in [2.24, 2.45) is 5.41 Å². The van der Waals surface area contributed by atoms with Crippen molar-refractivity contribution in [3.8, 4) is 0 Å². The average Bonchev–Trinajstić information content (AvgIpc) is 2.29. The summed E-state index contributed by atoms with van der Waals surface area (Å²) in [5.41, 5.74) is -0.332. The molecule has 1 atom stereocenters. The second kappa shape index (κ2) is 3.42. The van der Waals surface area contributed by atoms with Gasteiger partial charge in [-0.05, 0) is 5.41 Å². The first-order valence-electron chi connectivity index (χ1n) is 4.32. The Balaban J connectivity index is 2.57. The van der Waals surface area contributed by atoms with Gasteiger partial charge in [0.2, 0.25) is 0 Å². The Labute approximate surface area is 80.0 Å². The van der Waals surface area contributed by atoms with Crippen LogP contribution in [0.2, 0.25) is 0 Å². The minimum Gasteiger partial charge on any atom is -0.344 e. The summed E-state index contributed by atoms with van der Waals surface area (Å²) in [6.07, 6.45) is -4.79. The molecule has 1 saturated heterocycles. The van der Waals surface area contributed by atoms with Crippen molar-refractivity contribution in [2.75, 3.05) is 13.1 Å². The van der Waals surface area contributed by atoms with Crippen LogP contribution in [0.15, 0.2) is 0 Å². The van der Waals surface area contributed by atoms with Crippen LogP contribution in [-0.2, 0) is 4.79 Å². The summed E-state index contributed by atoms with van der Waals surface area (Å²) < 4.78 is 35.8. The molecule has 0 radical (unpaired) electrons. The summed E-state index contributed by atoms with van der Waals surface area (Å²) in [5.74, 6) is -1.86. The second-order valence-corrected chi connectivity index (χ2v) is 4.14. The Morgan fingerprint density at radius 3 is 2.43 bits per heavy atom. The van der Waals surface area contributed by atoms with E-state index in [1.165, 1.54) is 0 Å². The van der Waals surface area contributed by atoms with Gasteiger partial charge < -0.3 is 10.6 Å². The summed E-state index contributed by atoms with van der Waals surface area (Å²) in [4.78, 5) is 10.6. The van der Waals surface area contributed by atoms with Gasteiger partial charge in [0.25, 0.3) is 0 Å². The molecule has 0 unspecified atom stereocenters. The molecular formula is C8H13F3N2O. The van der Waals surface area contributed by atoms with Gasteiger partial charge in [-0.25, -0.2) is 0 Å². The lowest BCUT2D eigenvalue weighted by atomic mass is 9.88. The number of halogens is 3. The molecule has 1 amide bonds. The maximum atomic E-state index is 11.9. The summed E-state index contributed by atoms with van der Waals surface area (Å²) in [7, 11) is 0. The zero-order valence-electron chi connectivity index (χ0n) is 8.03. The Morgan fingerprint density at radius 2 is 2.07 bits per heavy atom. The van der Waals surface area contributed by atoms with Gasteiger partial charge in [-0.2, -0.15) is 13.2 Å². The minimum absolute atomic E-state index is 0.332. The zero-order valence-corrected chi connectivity index (χ0v) is 8.03. The van der Waals surface area contributed by atoms with Crippen molar-refractivity contribution in [3.63, 3.8) is 0 Å². The molecule has 1 rings (SSSR count). The van der Waals surface area contributed by atoms with Crippen molar-refractivity contribution in [1.82, 2.24) is 10.6 Å². The third-order valence-corrected chi connectivity index (χ3v) is 2.44. The largest absolute Gasteiger partial charge is 0.471 e. The fraction of sp³-hybridized carbons (Fsp3) is 0.875. The Kier molecular flexibility index (Phi) is 2.76. The predicted molar refractivity (Wildman–Crippen MR) is 44.6 cm³/mol. The molecule has 0 aliphatic carbocycles. The minimum atomic E-state index is -4.79. The van der Waals surface area contributed by atoms with E-state index in [0.717, 1.165) is 0 Å². The lowest BCUT2D eigenvalue weighted by molar-refractivity contribution is -0.174. The molecule has 1 heterocycles. The molecule has 3 nitrogen and oxygen atoms in total. The molecule has 0 spiro atoms. The number of rotatable bonds is 1. The molecule has 0 aromatic carbocycles. The second-order valence-electron chi connectivity index (χ2n) is 4.14. The van der Waals surface area contributed by atoms with Crippen LogP contribution in [-0.4, -0.2) is 31.2 Å². The fourth-order valence-electron chi connectivity index (χ4n) is 1.42. The third kappa shape index (κ3) is 2.37. The number of amides is 1. The summed E-state index contributed by atoms with van der Waals surface area (Å²) in [6.45, 7) is 4.62. The SMILES string of the molecule is CC1(C)CNC[C@@H]1NC(=O)C(F)(F)F. The fourth-order valence-corrected chi connectivity index (χ4v) is 1.42. The average molecular weight is 210 g/mol. The number of carbonyl (C=O) groups is 1. The molecule has 0 aromatic heterocycles. The first kappa shape index (κ1) is 11.3. The molecular weight excluding hydrogens is 197 g/mol. The molecule has 14 heavy (non-hydrogen) atoms. The molecule has 1 aliphatic rings. The van der Waals surface area contributed by atoms with E-state index >= 15 is 0 Å². The molecule has 1 aliphatic heterocycles. The Hall–Kier alpha value is -0.780. The molecule has 2 N–H and O–H groups in total. The normalized spacial score (nSPS) is 26.2. The van der Waals surface area contributed by atoms with Gasteiger partial charge in [0.15, 0.2) is 0 Å². The van der Waals surface area contributed by atoms with E-state index in [0.29, 0.717) is 13.1 Å². The molecule has 6 heteroatoms. The third-order valence-electron chi connectivity index (χ3n) is 2.44. The van der Waals surface area contributed by atoms with Crippen LogP contribution in [0.4, 0.5) is 13.2 Å². The number of carbonyl (C=O) groups excluding carboxylic acids is 1. The predicted octanol–water partition coefficient (Wildman–Crippen LogP) is 0.663. The number of alkyl halides is 3. The monoisotopic (exact) mass is 210 g/mol. The van der Waals surface area contributed by atoms with E-state index in [1.54, 1.807) is 0 Å². The first-order chi connectivity index (χ1) is 6.23. The molecule has 0 aromatic rings. The van der Waals surface area contributed by atoms with Crippen LogP contribution in [0.1, 0.15) is 13.8 Å². The number of hydrogen-bond donors (Lipinski definition) is 2. The van der Waals surface area contributed by atoms with Gasteiger partial charge in [0.05, 0.1) is 0 Å². The van der Waals surface area contributed by atoms with Crippen molar-refractivity contribution in [3.05, 3.63) is 0 Å². The van der Waals surface area contributed by atoms with Gasteiger partial charge in [-0.15, -0.1) is 0 Å². The van der Waals surface area contributed by atoms with Crippen molar-refractivity contribution in [2.45, 2.75) is 26.1 Å². The summed E-state index contributed by atoms with van der Waals surface area (Å²) >= 11 is 0. The van der Waals surface area contributed by atoms with Gasteiger partial charge >= 0.3 is 12.1 Å². The highest BCUT2D eigenvalue weighted by atomic mass is 19.4. The highest BCUT2D eigenvalue weighted by Crippen LogP contribution is 2.25. The van der Waals surface area contributed by atoms with E-state index in [-0.39, 0.29) is 5.41 Å². The summed E-state index contributed by atoms with van der Waals surface area (Å²) in [6, 6.07) is -0.461. The zero-order chi connectivity index (χ0) is 11.0. The smallest absolute Gasteiger partial charge is 0.344 e. The topological polar surface area (TPSA) is 41.1 Å². The Bertz CT molecular complexity index is 237. The van der Waals surface area contributed by atoms with E-state index in [1.807, 2.05) is 19.2 Å². The lowest BCUT2D eigenvalue weighted by Crippen LogP contribution is -2.49. The van der Waals surface area contributed by atoms with Crippen LogP contribution < -0.4 is 10.6 Å². The Morgan fingerprint density at radius 1 is 1.50 bits per heavy atom. The maximum absolute atomic E-state index is 11.9. The van der Waals surface area contributed by atoms with Crippen LogP contribution in [0.25, 0.3) is 0 Å². The van der Waals surface area contributed by atoms with Crippen LogP contribution in [0.5, 0.6) is 0 Å². The molecule has 0 bridgehead atoms. The highest BCUT2D eigenvalue weighted by molar-refractivity contribution is 5.82. The van der Waals surface area contributed by atoms with Crippen molar-refractivity contribution < 1.29 is 18.0 Å². The number of nitrogens with one attached hydrogen (secondary N) is 2. The van der Waals surface area contributed by atoms with Crippen LogP contribution in [0, 0.1) is 5.41 Å². The van der Waals surface area contributed by atoms with E-state index in [9.17, 15) is 18.0 Å². The van der Waals surface area contributed by atoms with Gasteiger partial charge in [-0.1, -0.05) is 13.8 Å². The van der Waals surface area contributed by atoms with Gasteiger partial charge in [0, 0.05) is 19.1 Å². The standard InChI is InChI=1S/C8H13F3N2O/c1-7(2)4-12-3-5(7)13-6(14)8(9,10)11/h5,12H,3-4H2,1-2H3,(H,13,14)/t5-/m0/s1. The van der Waals surface area contributed by atoms with Gasteiger partial charge in [0.1, 0.15) is 0 Å². The molecule has 1 fully saturated rings. The number of hydrogen-bond acceptors (Lipinski definition) is 2. The lowest BCUT2D eigenvalue weighted by Gasteiger charge is -2.26. The highest BCUT2D eigenvalue weighted by Gasteiger charge is 2.43. The molecule has 82 valence electrons. The van der Waals surface area contributed by atoms with Crippen molar-refractivity contribution >= 4 is 5.91 Å². The van der Waals surface area contributed by atoms with E-state index in [4.69, 9.17) is 0 Å². The van der Waals surface area contributed by atoms with Crippen LogP contribution >= 0.6 is 0 Å². The van der Waals surface area contributed by atoms with Gasteiger partial charge in [-0.3, -0.25) is 4.79 Å². The van der Waals surface area contributed by atoms with E-state index in [2.05, 4.69) is 5.32 Å². The molecule has 0 saturated carbocycles. The van der Waals surface area contributed by atoms with Crippen molar-refractivity contribution in [1.29, 1.82) is 0 Å². The first-order valence-corrected chi connectivity index (χ1v) is 4.32. The summed E-state index contributed by atoms with van der Waals surface area (Å²) in [5, 5.41) is 4.92. The maximum Gasteiger partial charge on any atom is 0.471 e. The quantitative estimate of drug-likeness (QED) is 0.667.